The van der Waals surface area contributed by atoms with E-state index in [1.807, 2.05) is 19.1 Å². The van der Waals surface area contributed by atoms with Crippen LogP contribution in [0.25, 0.3) is 0 Å². The van der Waals surface area contributed by atoms with Crippen LogP contribution in [-0.2, 0) is 4.79 Å². The van der Waals surface area contributed by atoms with Crippen LogP contribution in [0.4, 0.5) is 0 Å². The number of rotatable bonds is 9. The molecule has 0 amide bonds. The van der Waals surface area contributed by atoms with Crippen molar-refractivity contribution in [2.75, 3.05) is 0 Å². The number of carboxylic acid groups (broad SMARTS) is 1. The third-order valence-corrected chi connectivity index (χ3v) is 6.70. The highest BCUT2D eigenvalue weighted by Crippen LogP contribution is 2.56. The quantitative estimate of drug-likeness (QED) is 0.542. The van der Waals surface area contributed by atoms with Crippen LogP contribution in [-0.4, -0.2) is 16.2 Å². The van der Waals surface area contributed by atoms with Gasteiger partial charge < -0.3 is 10.2 Å². The first-order valence-electron chi connectivity index (χ1n) is 10.2. The second kappa shape index (κ2) is 8.28. The van der Waals surface area contributed by atoms with Crippen molar-refractivity contribution in [3.63, 3.8) is 0 Å². The van der Waals surface area contributed by atoms with Gasteiger partial charge in [-0.3, -0.25) is 4.79 Å². The van der Waals surface area contributed by atoms with Crippen LogP contribution in [0.3, 0.4) is 0 Å². The first kappa shape index (κ1) is 19.0. The lowest BCUT2D eigenvalue weighted by atomic mass is 9.79. The minimum atomic E-state index is -0.735. The number of hydrogen-bond acceptors (Lipinski definition) is 2. The molecule has 142 valence electrons. The Bertz CT molecular complexity index is 641. The van der Waals surface area contributed by atoms with Gasteiger partial charge in [0.05, 0.1) is 5.92 Å². The third-order valence-electron chi connectivity index (χ3n) is 6.70. The lowest BCUT2D eigenvalue weighted by Gasteiger charge is -2.25. The zero-order valence-corrected chi connectivity index (χ0v) is 15.9. The molecule has 2 atom stereocenters. The zero-order chi connectivity index (χ0) is 18.6. The standard InChI is InChI=1S/C23H32O3/c1-2-6-21(22(25)26)20(18-7-5-8-19(24)15-18)9-3-4-12-23-13-10-17(16-23)11-14-23/h3-5,7-8,15,17,20-21,24H,2,6,9-14,16H2,1H3,(H,25,26). The number of aromatic hydroxyl groups is 1. The summed E-state index contributed by atoms with van der Waals surface area (Å²) in [6.07, 6.45) is 14.8. The van der Waals surface area contributed by atoms with E-state index in [0.717, 1.165) is 30.7 Å². The van der Waals surface area contributed by atoms with Crippen LogP contribution in [0.1, 0.15) is 76.2 Å². The molecule has 3 heteroatoms. The smallest absolute Gasteiger partial charge is 0.307 e. The summed E-state index contributed by atoms with van der Waals surface area (Å²) in [6, 6.07) is 7.12. The van der Waals surface area contributed by atoms with Crippen molar-refractivity contribution in [3.05, 3.63) is 42.0 Å². The highest BCUT2D eigenvalue weighted by molar-refractivity contribution is 5.71. The topological polar surface area (TPSA) is 57.5 Å². The maximum absolute atomic E-state index is 11.8. The van der Waals surface area contributed by atoms with Crippen molar-refractivity contribution >= 4 is 5.97 Å². The molecule has 2 bridgehead atoms. The average molecular weight is 357 g/mol. The molecule has 1 aromatic rings. The predicted molar refractivity (Wildman–Crippen MR) is 104 cm³/mol. The lowest BCUT2D eigenvalue weighted by Crippen LogP contribution is -2.22. The van der Waals surface area contributed by atoms with E-state index in [0.29, 0.717) is 11.8 Å². The Kier molecular flexibility index (Phi) is 6.05. The lowest BCUT2D eigenvalue weighted by molar-refractivity contribution is -0.142. The molecule has 2 aliphatic carbocycles. The van der Waals surface area contributed by atoms with Crippen LogP contribution in [0.2, 0.25) is 0 Å². The van der Waals surface area contributed by atoms with Crippen molar-refractivity contribution in [1.82, 2.24) is 0 Å². The molecule has 2 fully saturated rings. The van der Waals surface area contributed by atoms with E-state index in [4.69, 9.17) is 0 Å². The fraction of sp³-hybridized carbons (Fsp3) is 0.609. The SMILES string of the molecule is CCCC(C(=O)O)C(CC=CCC12CCC(CC1)C2)c1cccc(O)c1. The third kappa shape index (κ3) is 4.31. The number of fused-ring (bicyclic) bond motifs is 2. The van der Waals surface area contributed by atoms with Crippen molar-refractivity contribution in [1.29, 1.82) is 0 Å². The van der Waals surface area contributed by atoms with E-state index in [1.54, 1.807) is 12.1 Å². The molecule has 0 aromatic heterocycles. The van der Waals surface area contributed by atoms with Gasteiger partial charge in [0.25, 0.3) is 0 Å². The molecule has 0 spiro atoms. The Morgan fingerprint density at radius 1 is 1.31 bits per heavy atom. The van der Waals surface area contributed by atoms with Gasteiger partial charge in [-0.1, -0.05) is 37.6 Å². The molecule has 0 radical (unpaired) electrons. The Morgan fingerprint density at radius 2 is 2.08 bits per heavy atom. The summed E-state index contributed by atoms with van der Waals surface area (Å²) in [5.41, 5.74) is 1.47. The summed E-state index contributed by atoms with van der Waals surface area (Å²) >= 11 is 0. The first-order valence-corrected chi connectivity index (χ1v) is 10.2. The maximum atomic E-state index is 11.8. The Hall–Kier alpha value is -1.77. The van der Waals surface area contributed by atoms with E-state index in [2.05, 4.69) is 12.2 Å². The molecule has 0 aliphatic heterocycles. The monoisotopic (exact) mass is 356 g/mol. The number of carboxylic acids is 1. The molecule has 3 nitrogen and oxygen atoms in total. The van der Waals surface area contributed by atoms with Crippen LogP contribution >= 0.6 is 0 Å². The summed E-state index contributed by atoms with van der Waals surface area (Å²) in [4.78, 5) is 11.8. The van der Waals surface area contributed by atoms with Crippen molar-refractivity contribution in [3.8, 4) is 5.75 Å². The van der Waals surface area contributed by atoms with E-state index in [-0.39, 0.29) is 11.7 Å². The second-order valence-electron chi connectivity index (χ2n) is 8.49. The van der Waals surface area contributed by atoms with Gasteiger partial charge in [0, 0.05) is 5.92 Å². The van der Waals surface area contributed by atoms with Gasteiger partial charge in [-0.2, -0.15) is 0 Å². The van der Waals surface area contributed by atoms with E-state index >= 15 is 0 Å². The van der Waals surface area contributed by atoms with Crippen LogP contribution < -0.4 is 0 Å². The molecule has 2 unspecified atom stereocenters. The molecule has 2 aliphatic rings. The molecule has 2 saturated carbocycles. The summed E-state index contributed by atoms with van der Waals surface area (Å²) in [5, 5.41) is 19.6. The molecule has 0 saturated heterocycles. The number of carbonyl (C=O) groups is 1. The predicted octanol–water partition coefficient (Wildman–Crippen LogP) is 5.89. The van der Waals surface area contributed by atoms with E-state index < -0.39 is 11.9 Å². The summed E-state index contributed by atoms with van der Waals surface area (Å²) in [5.74, 6) is -0.0647. The van der Waals surface area contributed by atoms with Gasteiger partial charge in [0.2, 0.25) is 0 Å². The zero-order valence-electron chi connectivity index (χ0n) is 15.9. The largest absolute Gasteiger partial charge is 0.508 e. The van der Waals surface area contributed by atoms with Crippen LogP contribution in [0.15, 0.2) is 36.4 Å². The van der Waals surface area contributed by atoms with E-state index in [9.17, 15) is 15.0 Å². The van der Waals surface area contributed by atoms with Gasteiger partial charge >= 0.3 is 5.97 Å². The number of benzene rings is 1. The van der Waals surface area contributed by atoms with Gasteiger partial charge in [-0.05, 0) is 80.4 Å². The molecule has 2 N–H and O–H groups in total. The van der Waals surface area contributed by atoms with Gasteiger partial charge in [-0.25, -0.2) is 0 Å². The normalized spacial score (nSPS) is 27.0. The van der Waals surface area contributed by atoms with Crippen molar-refractivity contribution in [2.45, 2.75) is 70.6 Å². The molecule has 3 rings (SSSR count). The fourth-order valence-corrected chi connectivity index (χ4v) is 5.27. The number of allylic oxidation sites excluding steroid dienone is 2. The van der Waals surface area contributed by atoms with Crippen molar-refractivity contribution in [2.24, 2.45) is 17.3 Å². The number of phenols is 1. The summed E-state index contributed by atoms with van der Waals surface area (Å²) in [7, 11) is 0. The summed E-state index contributed by atoms with van der Waals surface area (Å²) in [6.45, 7) is 2.03. The average Bonchev–Trinajstić information content (AvgIpc) is 3.21. The molecule has 0 heterocycles. The number of phenolic OH excluding ortho intramolecular Hbond substituents is 1. The molecular formula is C23H32O3. The van der Waals surface area contributed by atoms with E-state index in [1.165, 1.54) is 32.1 Å². The minimum absolute atomic E-state index is 0.0896. The summed E-state index contributed by atoms with van der Waals surface area (Å²) < 4.78 is 0. The Balaban J connectivity index is 1.70. The molecule has 26 heavy (non-hydrogen) atoms. The molecule has 1 aromatic carbocycles. The highest BCUT2D eigenvalue weighted by Gasteiger charge is 2.43. The Morgan fingerprint density at radius 3 is 2.65 bits per heavy atom. The second-order valence-corrected chi connectivity index (χ2v) is 8.49. The minimum Gasteiger partial charge on any atom is -0.508 e. The van der Waals surface area contributed by atoms with Gasteiger partial charge in [0.1, 0.15) is 5.75 Å². The highest BCUT2D eigenvalue weighted by atomic mass is 16.4. The van der Waals surface area contributed by atoms with Gasteiger partial charge in [-0.15, -0.1) is 0 Å². The fourth-order valence-electron chi connectivity index (χ4n) is 5.27. The number of hydrogen-bond donors (Lipinski definition) is 2. The van der Waals surface area contributed by atoms with Gasteiger partial charge in [0.15, 0.2) is 0 Å². The number of aliphatic carboxylic acids is 1. The Labute approximate surface area is 157 Å². The molecular weight excluding hydrogens is 324 g/mol. The van der Waals surface area contributed by atoms with Crippen LogP contribution in [0, 0.1) is 17.3 Å². The first-order chi connectivity index (χ1) is 12.5. The van der Waals surface area contributed by atoms with Crippen LogP contribution in [0.5, 0.6) is 5.75 Å². The maximum Gasteiger partial charge on any atom is 0.307 e. The van der Waals surface area contributed by atoms with Crippen molar-refractivity contribution < 1.29 is 15.0 Å².